The second-order valence-corrected chi connectivity index (χ2v) is 4.92. The van der Waals surface area contributed by atoms with Gasteiger partial charge in [-0.05, 0) is 45.0 Å². The third-order valence-corrected chi connectivity index (χ3v) is 2.48. The average molecular weight is 218 g/mol. The number of fused-ring (bicyclic) bond motifs is 1. The quantitative estimate of drug-likeness (QED) is 0.741. The first kappa shape index (κ1) is 11.0. The van der Waals surface area contributed by atoms with E-state index in [4.69, 9.17) is 0 Å². The van der Waals surface area contributed by atoms with Crippen molar-refractivity contribution in [2.75, 3.05) is 11.9 Å². The summed E-state index contributed by atoms with van der Waals surface area (Å²) in [6.45, 7) is 6.17. The Morgan fingerprint density at radius 1 is 1.31 bits per heavy atom. The summed E-state index contributed by atoms with van der Waals surface area (Å²) >= 11 is 0. The summed E-state index contributed by atoms with van der Waals surface area (Å²) in [5, 5.41) is 14.0. The highest BCUT2D eigenvalue weighted by Crippen LogP contribution is 2.20. The molecule has 0 saturated heterocycles. The monoisotopic (exact) mass is 218 g/mol. The normalized spacial score (nSPS) is 12.0. The van der Waals surface area contributed by atoms with E-state index in [2.05, 4.69) is 28.5 Å². The SMILES string of the molecule is Cc1cc2cc(NCC(C)(C)O)ccc2[nH]1. The number of benzene rings is 1. The van der Waals surface area contributed by atoms with Crippen molar-refractivity contribution in [3.63, 3.8) is 0 Å². The molecule has 0 radical (unpaired) electrons. The zero-order chi connectivity index (χ0) is 11.8. The van der Waals surface area contributed by atoms with Crippen molar-refractivity contribution in [2.24, 2.45) is 0 Å². The van der Waals surface area contributed by atoms with Gasteiger partial charge in [-0.1, -0.05) is 0 Å². The number of anilines is 1. The first-order valence-corrected chi connectivity index (χ1v) is 5.50. The van der Waals surface area contributed by atoms with Gasteiger partial charge in [0.05, 0.1) is 5.60 Å². The first-order chi connectivity index (χ1) is 7.44. The molecule has 0 bridgehead atoms. The molecular formula is C13H18N2O. The second kappa shape index (κ2) is 3.83. The number of aliphatic hydroxyl groups is 1. The van der Waals surface area contributed by atoms with Gasteiger partial charge < -0.3 is 15.4 Å². The maximum absolute atomic E-state index is 9.63. The average Bonchev–Trinajstić information content (AvgIpc) is 2.52. The topological polar surface area (TPSA) is 48.0 Å². The maximum Gasteiger partial charge on any atom is 0.0763 e. The van der Waals surface area contributed by atoms with Crippen LogP contribution in [-0.4, -0.2) is 22.2 Å². The van der Waals surface area contributed by atoms with Crippen LogP contribution in [0.5, 0.6) is 0 Å². The summed E-state index contributed by atoms with van der Waals surface area (Å²) in [5.74, 6) is 0. The van der Waals surface area contributed by atoms with E-state index < -0.39 is 5.60 Å². The number of H-pyrrole nitrogens is 1. The molecule has 16 heavy (non-hydrogen) atoms. The molecule has 0 aliphatic carbocycles. The highest BCUT2D eigenvalue weighted by atomic mass is 16.3. The predicted octanol–water partition coefficient (Wildman–Crippen LogP) is 2.66. The second-order valence-electron chi connectivity index (χ2n) is 4.92. The first-order valence-electron chi connectivity index (χ1n) is 5.50. The van der Waals surface area contributed by atoms with E-state index in [0.717, 1.165) is 16.9 Å². The summed E-state index contributed by atoms with van der Waals surface area (Å²) in [7, 11) is 0. The Balaban J connectivity index is 2.19. The summed E-state index contributed by atoms with van der Waals surface area (Å²) in [6, 6.07) is 8.27. The summed E-state index contributed by atoms with van der Waals surface area (Å²) in [6.07, 6.45) is 0. The van der Waals surface area contributed by atoms with Crippen LogP contribution in [0.25, 0.3) is 10.9 Å². The van der Waals surface area contributed by atoms with Gasteiger partial charge in [-0.15, -0.1) is 0 Å². The molecule has 1 aromatic carbocycles. The largest absolute Gasteiger partial charge is 0.389 e. The van der Waals surface area contributed by atoms with Gasteiger partial charge in [-0.3, -0.25) is 0 Å². The number of nitrogens with one attached hydrogen (secondary N) is 2. The molecule has 0 amide bonds. The lowest BCUT2D eigenvalue weighted by Crippen LogP contribution is -2.29. The van der Waals surface area contributed by atoms with Gasteiger partial charge in [0, 0.05) is 28.8 Å². The van der Waals surface area contributed by atoms with Gasteiger partial charge in [-0.2, -0.15) is 0 Å². The maximum atomic E-state index is 9.63. The Morgan fingerprint density at radius 3 is 2.75 bits per heavy atom. The van der Waals surface area contributed by atoms with E-state index in [1.165, 1.54) is 5.39 Å². The number of hydrogen-bond donors (Lipinski definition) is 3. The fraction of sp³-hybridized carbons (Fsp3) is 0.385. The summed E-state index contributed by atoms with van der Waals surface area (Å²) in [5.41, 5.74) is 2.65. The lowest BCUT2D eigenvalue weighted by molar-refractivity contribution is 0.0945. The summed E-state index contributed by atoms with van der Waals surface area (Å²) < 4.78 is 0. The smallest absolute Gasteiger partial charge is 0.0763 e. The molecule has 0 aliphatic heterocycles. The van der Waals surface area contributed by atoms with Crippen molar-refractivity contribution < 1.29 is 5.11 Å². The highest BCUT2D eigenvalue weighted by molar-refractivity contribution is 5.83. The molecule has 0 saturated carbocycles. The zero-order valence-electron chi connectivity index (χ0n) is 9.96. The van der Waals surface area contributed by atoms with Gasteiger partial charge >= 0.3 is 0 Å². The molecule has 86 valence electrons. The molecule has 2 aromatic rings. The lowest BCUT2D eigenvalue weighted by Gasteiger charge is -2.18. The van der Waals surface area contributed by atoms with E-state index >= 15 is 0 Å². The van der Waals surface area contributed by atoms with Crippen molar-refractivity contribution in [1.82, 2.24) is 4.98 Å². The van der Waals surface area contributed by atoms with Crippen molar-refractivity contribution in [3.8, 4) is 0 Å². The van der Waals surface area contributed by atoms with E-state index in [1.54, 1.807) is 13.8 Å². The van der Waals surface area contributed by atoms with Crippen LogP contribution in [0.15, 0.2) is 24.3 Å². The third kappa shape index (κ3) is 2.55. The van der Waals surface area contributed by atoms with E-state index in [0.29, 0.717) is 6.54 Å². The lowest BCUT2D eigenvalue weighted by atomic mass is 10.1. The molecule has 3 nitrogen and oxygen atoms in total. The minimum absolute atomic E-state index is 0.544. The number of rotatable bonds is 3. The Morgan fingerprint density at radius 2 is 2.06 bits per heavy atom. The van der Waals surface area contributed by atoms with Crippen molar-refractivity contribution in [1.29, 1.82) is 0 Å². The predicted molar refractivity (Wildman–Crippen MR) is 67.8 cm³/mol. The Bertz CT molecular complexity index is 494. The van der Waals surface area contributed by atoms with Crippen LogP contribution in [-0.2, 0) is 0 Å². The van der Waals surface area contributed by atoms with E-state index in [-0.39, 0.29) is 0 Å². The van der Waals surface area contributed by atoms with Crippen LogP contribution in [0.4, 0.5) is 5.69 Å². The Labute approximate surface area is 95.5 Å². The molecule has 0 atom stereocenters. The minimum atomic E-state index is -0.691. The number of aryl methyl sites for hydroxylation is 1. The Kier molecular flexibility index (Phi) is 2.64. The molecule has 1 aromatic heterocycles. The summed E-state index contributed by atoms with van der Waals surface area (Å²) in [4.78, 5) is 3.28. The molecule has 2 rings (SSSR count). The fourth-order valence-corrected chi connectivity index (χ4v) is 1.71. The van der Waals surface area contributed by atoms with Crippen molar-refractivity contribution in [3.05, 3.63) is 30.0 Å². The van der Waals surface area contributed by atoms with Gasteiger partial charge in [-0.25, -0.2) is 0 Å². The molecular weight excluding hydrogens is 200 g/mol. The molecule has 3 N–H and O–H groups in total. The fourth-order valence-electron chi connectivity index (χ4n) is 1.71. The van der Waals surface area contributed by atoms with Crippen LogP contribution in [0.2, 0.25) is 0 Å². The molecule has 0 unspecified atom stereocenters. The van der Waals surface area contributed by atoms with Crippen molar-refractivity contribution in [2.45, 2.75) is 26.4 Å². The van der Waals surface area contributed by atoms with Gasteiger partial charge in [0.15, 0.2) is 0 Å². The third-order valence-electron chi connectivity index (χ3n) is 2.48. The van der Waals surface area contributed by atoms with Crippen LogP contribution < -0.4 is 5.32 Å². The van der Waals surface area contributed by atoms with Crippen LogP contribution >= 0.6 is 0 Å². The van der Waals surface area contributed by atoms with Crippen LogP contribution in [0.3, 0.4) is 0 Å². The molecule has 0 aliphatic rings. The number of aromatic amines is 1. The molecule has 0 spiro atoms. The van der Waals surface area contributed by atoms with Gasteiger partial charge in [0.2, 0.25) is 0 Å². The number of aromatic nitrogens is 1. The standard InChI is InChI=1S/C13H18N2O/c1-9-6-10-7-11(4-5-12(10)15-9)14-8-13(2,3)16/h4-7,14-16H,8H2,1-3H3. The van der Waals surface area contributed by atoms with E-state index in [9.17, 15) is 5.11 Å². The molecule has 3 heteroatoms. The molecule has 1 heterocycles. The molecule has 0 fully saturated rings. The van der Waals surface area contributed by atoms with Crippen molar-refractivity contribution >= 4 is 16.6 Å². The highest BCUT2D eigenvalue weighted by Gasteiger charge is 2.11. The van der Waals surface area contributed by atoms with Gasteiger partial charge in [0.1, 0.15) is 0 Å². The van der Waals surface area contributed by atoms with Crippen LogP contribution in [0, 0.1) is 6.92 Å². The number of hydrogen-bond acceptors (Lipinski definition) is 2. The zero-order valence-corrected chi connectivity index (χ0v) is 9.96. The van der Waals surface area contributed by atoms with E-state index in [1.807, 2.05) is 13.0 Å². The van der Waals surface area contributed by atoms with Gasteiger partial charge in [0.25, 0.3) is 0 Å². The minimum Gasteiger partial charge on any atom is -0.389 e. The van der Waals surface area contributed by atoms with Crippen LogP contribution in [0.1, 0.15) is 19.5 Å². The Hall–Kier alpha value is -1.48.